The van der Waals surface area contributed by atoms with E-state index in [9.17, 15) is 19.8 Å². The maximum Gasteiger partial charge on any atom is 0.333 e. The van der Waals surface area contributed by atoms with Gasteiger partial charge in [-0.1, -0.05) is 0 Å². The van der Waals surface area contributed by atoms with Crippen LogP contribution in [0.2, 0.25) is 0 Å². The number of rotatable bonds is 7. The molecule has 0 aliphatic carbocycles. The SMILES string of the molecule is COc1cc(O)c(CCSCC(O)C(=O)O)c2c1C(=O)CC(C)O2. The van der Waals surface area contributed by atoms with Gasteiger partial charge < -0.3 is 24.8 Å². The van der Waals surface area contributed by atoms with E-state index in [2.05, 4.69) is 0 Å². The fraction of sp³-hybridized carbons (Fsp3) is 0.500. The van der Waals surface area contributed by atoms with Crippen molar-refractivity contribution in [2.24, 2.45) is 0 Å². The lowest BCUT2D eigenvalue weighted by molar-refractivity contribution is -0.145. The zero-order chi connectivity index (χ0) is 17.9. The summed E-state index contributed by atoms with van der Waals surface area (Å²) in [6, 6.07) is 1.39. The van der Waals surface area contributed by atoms with Crippen molar-refractivity contribution in [3.63, 3.8) is 0 Å². The Hall–Kier alpha value is -1.93. The van der Waals surface area contributed by atoms with Crippen molar-refractivity contribution in [1.82, 2.24) is 0 Å². The molecule has 2 rings (SSSR count). The summed E-state index contributed by atoms with van der Waals surface area (Å²) in [6.07, 6.45) is -1.11. The van der Waals surface area contributed by atoms with Crippen LogP contribution in [0.4, 0.5) is 0 Å². The molecule has 8 heteroatoms. The number of phenols is 1. The molecule has 2 unspecified atom stereocenters. The van der Waals surface area contributed by atoms with Crippen LogP contribution in [0.15, 0.2) is 6.07 Å². The molecular weight excluding hydrogens is 336 g/mol. The molecule has 24 heavy (non-hydrogen) atoms. The highest BCUT2D eigenvalue weighted by atomic mass is 32.2. The summed E-state index contributed by atoms with van der Waals surface area (Å²) in [5.74, 6) is -0.294. The van der Waals surface area contributed by atoms with Gasteiger partial charge in [0.05, 0.1) is 7.11 Å². The second-order valence-electron chi connectivity index (χ2n) is 5.52. The summed E-state index contributed by atoms with van der Waals surface area (Å²) >= 11 is 1.24. The summed E-state index contributed by atoms with van der Waals surface area (Å²) in [5, 5.41) is 28.1. The first-order valence-corrected chi connectivity index (χ1v) is 8.61. The lowest BCUT2D eigenvalue weighted by Crippen LogP contribution is -2.25. The van der Waals surface area contributed by atoms with E-state index < -0.39 is 12.1 Å². The van der Waals surface area contributed by atoms with Crippen LogP contribution in [0.3, 0.4) is 0 Å². The van der Waals surface area contributed by atoms with Crippen LogP contribution in [0.25, 0.3) is 0 Å². The fourth-order valence-corrected chi connectivity index (χ4v) is 3.39. The van der Waals surface area contributed by atoms with Gasteiger partial charge >= 0.3 is 5.97 Å². The van der Waals surface area contributed by atoms with Gasteiger partial charge in [0.2, 0.25) is 0 Å². The first-order chi connectivity index (χ1) is 11.3. The number of aromatic hydroxyl groups is 1. The van der Waals surface area contributed by atoms with E-state index >= 15 is 0 Å². The van der Waals surface area contributed by atoms with Crippen molar-refractivity contribution in [3.8, 4) is 17.2 Å². The van der Waals surface area contributed by atoms with Crippen molar-refractivity contribution in [1.29, 1.82) is 0 Å². The Balaban J connectivity index is 2.19. The molecule has 132 valence electrons. The maximum absolute atomic E-state index is 12.3. The molecule has 1 aliphatic rings. The molecule has 1 aromatic carbocycles. The van der Waals surface area contributed by atoms with E-state index in [1.54, 1.807) is 6.92 Å². The van der Waals surface area contributed by atoms with Gasteiger partial charge in [-0.25, -0.2) is 4.79 Å². The third kappa shape index (κ3) is 3.93. The summed E-state index contributed by atoms with van der Waals surface area (Å²) in [6.45, 7) is 1.78. The average molecular weight is 356 g/mol. The Morgan fingerprint density at radius 1 is 1.54 bits per heavy atom. The quantitative estimate of drug-likeness (QED) is 0.630. The monoisotopic (exact) mass is 356 g/mol. The fourth-order valence-electron chi connectivity index (χ4n) is 2.51. The van der Waals surface area contributed by atoms with Gasteiger partial charge in [0, 0.05) is 23.8 Å². The highest BCUT2D eigenvalue weighted by molar-refractivity contribution is 7.99. The normalized spacial score (nSPS) is 17.8. The number of fused-ring (bicyclic) bond motifs is 1. The first-order valence-electron chi connectivity index (χ1n) is 7.46. The largest absolute Gasteiger partial charge is 0.507 e. The van der Waals surface area contributed by atoms with Gasteiger partial charge in [0.1, 0.15) is 28.9 Å². The van der Waals surface area contributed by atoms with Crippen LogP contribution in [0, 0.1) is 0 Å². The second-order valence-corrected chi connectivity index (χ2v) is 6.67. The average Bonchev–Trinajstić information content (AvgIpc) is 2.51. The number of carboxylic acid groups (broad SMARTS) is 1. The second kappa shape index (κ2) is 7.76. The molecule has 1 aromatic rings. The topological polar surface area (TPSA) is 113 Å². The van der Waals surface area contributed by atoms with E-state index in [-0.39, 0.29) is 35.6 Å². The van der Waals surface area contributed by atoms with Crippen LogP contribution >= 0.6 is 11.8 Å². The molecule has 3 N–H and O–H groups in total. The van der Waals surface area contributed by atoms with E-state index in [1.165, 1.54) is 24.9 Å². The van der Waals surface area contributed by atoms with Gasteiger partial charge in [-0.15, -0.1) is 0 Å². The summed E-state index contributed by atoms with van der Waals surface area (Å²) in [5.41, 5.74) is 0.821. The number of benzene rings is 1. The molecule has 7 nitrogen and oxygen atoms in total. The molecular formula is C16H20O7S. The Bertz CT molecular complexity index is 644. The zero-order valence-electron chi connectivity index (χ0n) is 13.4. The van der Waals surface area contributed by atoms with Crippen LogP contribution in [-0.2, 0) is 11.2 Å². The summed E-state index contributed by atoms with van der Waals surface area (Å²) in [4.78, 5) is 22.9. The molecule has 0 amide bonds. The molecule has 0 bridgehead atoms. The Labute approximate surface area is 143 Å². The third-order valence-corrected chi connectivity index (χ3v) is 4.72. The molecule has 0 saturated carbocycles. The number of aliphatic carboxylic acids is 1. The van der Waals surface area contributed by atoms with Crippen molar-refractivity contribution < 1.29 is 34.4 Å². The van der Waals surface area contributed by atoms with Crippen LogP contribution < -0.4 is 9.47 Å². The molecule has 1 heterocycles. The van der Waals surface area contributed by atoms with Gasteiger partial charge in [0.15, 0.2) is 11.9 Å². The van der Waals surface area contributed by atoms with Gasteiger partial charge in [-0.05, 0) is 19.1 Å². The molecule has 1 aliphatic heterocycles. The molecule has 0 saturated heterocycles. The standard InChI is InChI=1S/C16H20O7S/c1-8-5-11(18)14-13(22-2)6-10(17)9(15(14)23-8)3-4-24-7-12(19)16(20)21/h6,8,12,17,19H,3-5,7H2,1-2H3,(H,20,21). The number of methoxy groups -OCH3 is 1. The Morgan fingerprint density at radius 2 is 2.25 bits per heavy atom. The minimum atomic E-state index is -1.42. The number of aliphatic hydroxyl groups excluding tert-OH is 1. The van der Waals surface area contributed by atoms with E-state index in [1.807, 2.05) is 0 Å². The van der Waals surface area contributed by atoms with E-state index in [0.29, 0.717) is 29.1 Å². The molecule has 2 atom stereocenters. The molecule has 0 aromatic heterocycles. The number of carbonyl (C=O) groups is 2. The number of hydrogen-bond donors (Lipinski definition) is 3. The van der Waals surface area contributed by atoms with Crippen molar-refractivity contribution in [2.75, 3.05) is 18.6 Å². The van der Waals surface area contributed by atoms with E-state index in [0.717, 1.165) is 0 Å². The van der Waals surface area contributed by atoms with Crippen LogP contribution in [-0.4, -0.2) is 57.9 Å². The highest BCUT2D eigenvalue weighted by Crippen LogP contribution is 2.43. The number of Topliss-reactive ketones (excluding diaryl/α,β-unsaturated/α-hetero) is 1. The van der Waals surface area contributed by atoms with Gasteiger partial charge in [-0.2, -0.15) is 11.8 Å². The minimum Gasteiger partial charge on any atom is -0.507 e. The van der Waals surface area contributed by atoms with Gasteiger partial charge in [0.25, 0.3) is 0 Å². The van der Waals surface area contributed by atoms with Gasteiger partial charge in [-0.3, -0.25) is 4.79 Å². The van der Waals surface area contributed by atoms with Crippen molar-refractivity contribution in [2.45, 2.75) is 32.0 Å². The number of carbonyl (C=O) groups excluding carboxylic acids is 1. The maximum atomic E-state index is 12.3. The van der Waals surface area contributed by atoms with E-state index in [4.69, 9.17) is 14.6 Å². The lowest BCUT2D eigenvalue weighted by Gasteiger charge is -2.26. The number of thioether (sulfide) groups is 1. The number of hydrogen-bond acceptors (Lipinski definition) is 7. The predicted octanol–water partition coefficient (Wildman–Crippen LogP) is 1.48. The number of ketones is 1. The molecule has 0 radical (unpaired) electrons. The van der Waals surface area contributed by atoms with Crippen LogP contribution in [0.5, 0.6) is 17.2 Å². The number of aliphatic hydroxyl groups is 1. The van der Waals surface area contributed by atoms with Crippen molar-refractivity contribution >= 4 is 23.5 Å². The molecule has 0 fully saturated rings. The van der Waals surface area contributed by atoms with Crippen molar-refractivity contribution in [3.05, 3.63) is 17.2 Å². The third-order valence-electron chi connectivity index (χ3n) is 3.67. The Morgan fingerprint density at radius 3 is 2.88 bits per heavy atom. The number of carboxylic acids is 1. The number of ether oxygens (including phenoxy) is 2. The lowest BCUT2D eigenvalue weighted by atomic mass is 9.95. The number of phenolic OH excluding ortho intramolecular Hbond substituents is 1. The summed E-state index contributed by atoms with van der Waals surface area (Å²) in [7, 11) is 1.42. The predicted molar refractivity (Wildman–Crippen MR) is 88.4 cm³/mol. The highest BCUT2D eigenvalue weighted by Gasteiger charge is 2.31. The van der Waals surface area contributed by atoms with Crippen LogP contribution in [0.1, 0.15) is 29.3 Å². The first kappa shape index (κ1) is 18.4. The smallest absolute Gasteiger partial charge is 0.333 e. The minimum absolute atomic E-state index is 0.0353. The Kier molecular flexibility index (Phi) is 5.95. The molecule has 0 spiro atoms. The zero-order valence-corrected chi connectivity index (χ0v) is 14.3. The summed E-state index contributed by atoms with van der Waals surface area (Å²) < 4.78 is 10.9.